The van der Waals surface area contributed by atoms with E-state index in [-0.39, 0.29) is 30.3 Å². The number of quaternary nitrogens is 1. The van der Waals surface area contributed by atoms with Crippen LogP contribution in [0.25, 0.3) is 0 Å². The third kappa shape index (κ3) is 28.7. The second kappa shape index (κ2) is 26.8. The Hall–Kier alpha value is -3.94. The Bertz CT molecular complexity index is 1520. The van der Waals surface area contributed by atoms with E-state index in [1.165, 1.54) is 49.2 Å². The normalized spacial score (nSPS) is 12.1. The molecule has 52 heavy (non-hydrogen) atoms. The molecule has 0 atom stereocenters. The first-order valence-corrected chi connectivity index (χ1v) is 17.4. The fourth-order valence-electron chi connectivity index (χ4n) is 2.94. The summed E-state index contributed by atoms with van der Waals surface area (Å²) in [6, 6.07) is 8.63. The van der Waals surface area contributed by atoms with Crippen molar-refractivity contribution in [1.29, 1.82) is 0 Å². The molecular weight excluding hydrogens is 736 g/mol. The quantitative estimate of drug-likeness (QED) is 0.0735. The van der Waals surface area contributed by atoms with E-state index < -0.39 is 30.6 Å². The summed E-state index contributed by atoms with van der Waals surface area (Å²) in [5.74, 6) is 0.440. The lowest BCUT2D eigenvalue weighted by Crippen LogP contribution is -2.38. The van der Waals surface area contributed by atoms with Gasteiger partial charge >= 0.3 is 21.8 Å². The zero-order chi connectivity index (χ0) is 39.8. The lowest BCUT2D eigenvalue weighted by molar-refractivity contribution is -0.870. The minimum absolute atomic E-state index is 0. The molecule has 0 saturated carbocycles. The topological polar surface area (TPSA) is 288 Å². The van der Waals surface area contributed by atoms with Crippen molar-refractivity contribution in [2.75, 3.05) is 108 Å². The van der Waals surface area contributed by atoms with Gasteiger partial charge in [-0.2, -0.15) is 8.42 Å². The van der Waals surface area contributed by atoms with Crippen molar-refractivity contribution in [3.8, 4) is 11.5 Å². The molecule has 0 radical (unpaired) electrons. The van der Waals surface area contributed by atoms with E-state index in [0.717, 1.165) is 45.6 Å². The fraction of sp³-hybridized carbons (Fsp3) is 0.586. The number of nitro groups is 2. The van der Waals surface area contributed by atoms with E-state index in [4.69, 9.17) is 25.7 Å². The van der Waals surface area contributed by atoms with Crippen LogP contribution in [0.15, 0.2) is 36.4 Å². The molecule has 4 N–H and O–H groups in total. The number of nitrogens with zero attached hydrogens (tertiary/aromatic N) is 4. The minimum Gasteiger partial charge on any atom is -0.726 e. The number of anilines is 2. The highest BCUT2D eigenvalue weighted by Gasteiger charge is 2.17. The van der Waals surface area contributed by atoms with E-state index in [1.807, 2.05) is 40.1 Å². The molecule has 2 aromatic rings. The van der Waals surface area contributed by atoms with Gasteiger partial charge in [0.05, 0.1) is 52.3 Å². The van der Waals surface area contributed by atoms with Gasteiger partial charge in [-0.3, -0.25) is 32.8 Å². The van der Waals surface area contributed by atoms with Crippen LogP contribution < -0.4 is 20.9 Å². The molecule has 23 heteroatoms. The van der Waals surface area contributed by atoms with Crippen molar-refractivity contribution in [2.45, 2.75) is 20.3 Å². The zero-order valence-corrected chi connectivity index (χ0v) is 31.6. The summed E-state index contributed by atoms with van der Waals surface area (Å²) < 4.78 is 75.0. The highest BCUT2D eigenvalue weighted by atomic mass is 32.3. The molecule has 1 fully saturated rings. The number of rotatable bonds is 13. The van der Waals surface area contributed by atoms with Crippen molar-refractivity contribution >= 4 is 43.5 Å². The third-order valence-electron chi connectivity index (χ3n) is 5.62. The summed E-state index contributed by atoms with van der Waals surface area (Å²) in [6.07, 6.45) is 2.56. The third-order valence-corrected chi connectivity index (χ3v) is 6.84. The smallest absolute Gasteiger partial charge is 0.399 e. The number of hydrogen-bond acceptors (Lipinski definition) is 18. The Labute approximate surface area is 306 Å². The van der Waals surface area contributed by atoms with Crippen molar-refractivity contribution in [3.05, 3.63) is 56.6 Å². The average Bonchev–Trinajstić information content (AvgIpc) is 3.61. The molecule has 1 aliphatic heterocycles. The molecule has 3 rings (SSSR count). The number of ether oxygens (including phenoxy) is 3. The van der Waals surface area contributed by atoms with Crippen LogP contribution in [0, 0.1) is 20.2 Å². The first kappa shape index (κ1) is 52.4. The number of nitrogens with two attached hydrogens (primary N) is 2. The van der Waals surface area contributed by atoms with Gasteiger partial charge in [-0.1, -0.05) is 7.43 Å². The second-order valence-corrected chi connectivity index (χ2v) is 13.8. The summed E-state index contributed by atoms with van der Waals surface area (Å²) in [7, 11) is 4.67. The van der Waals surface area contributed by atoms with Gasteiger partial charge in [0, 0.05) is 55.4 Å². The van der Waals surface area contributed by atoms with Crippen LogP contribution >= 0.6 is 0 Å². The second-order valence-electron chi connectivity index (χ2n) is 11.1. The van der Waals surface area contributed by atoms with Crippen molar-refractivity contribution in [1.82, 2.24) is 4.90 Å². The molecule has 0 spiro atoms. The van der Waals surface area contributed by atoms with Crippen molar-refractivity contribution < 1.29 is 62.5 Å². The standard InChI is InChI=1S/C11H18N3O3.C10H15N3O3.C4H8O.C2H6O4S.CH4O4S.CH4/c1-14(2,3)6-7-17-11-8-9(12)4-5-10(11)13(15)16;1-12(2)5-6-16-10-7-8(11)3-4-9(10)13(14)15;1-2-4-5-3-1;1-5-7(3,4)6-2;1-5-6(2,3)4;/h4-5,8H,6-7,12H2,1-3H3;3-4,7H,5-6,11H2,1-2H3;1-4H2;1-2H3;1H3,(H,2,3,4);1H4/q+1;;;;;/p-1. The summed E-state index contributed by atoms with van der Waals surface area (Å²) in [6.45, 7) is 4.24. The molecule has 0 amide bonds. The van der Waals surface area contributed by atoms with Crippen LogP contribution in [-0.2, 0) is 38.1 Å². The highest BCUT2D eigenvalue weighted by molar-refractivity contribution is 7.81. The molecule has 1 heterocycles. The van der Waals surface area contributed by atoms with Crippen LogP contribution in [0.1, 0.15) is 20.3 Å². The highest BCUT2D eigenvalue weighted by Crippen LogP contribution is 2.29. The molecule has 0 aliphatic carbocycles. The lowest BCUT2D eigenvalue weighted by atomic mass is 10.2. The first-order valence-electron chi connectivity index (χ1n) is 14.7. The average molecular weight is 791 g/mol. The molecule has 21 nitrogen and oxygen atoms in total. The van der Waals surface area contributed by atoms with E-state index in [2.05, 4.69) is 12.5 Å². The summed E-state index contributed by atoms with van der Waals surface area (Å²) in [5, 5.41) is 21.5. The van der Waals surface area contributed by atoms with Crippen LogP contribution in [0.5, 0.6) is 11.5 Å². The number of likely N-dealkylation sites (N-methyl/N-ethyl adjacent to an activating group) is 2. The molecule has 0 aromatic heterocycles. The molecule has 302 valence electrons. The predicted octanol–water partition coefficient (Wildman–Crippen LogP) is 2.43. The molecule has 1 aliphatic rings. The fourth-order valence-corrected chi connectivity index (χ4v) is 3.08. The van der Waals surface area contributed by atoms with Gasteiger partial charge in [0.15, 0.2) is 11.5 Å². The molecule has 0 bridgehead atoms. The maximum absolute atomic E-state index is 10.8. The van der Waals surface area contributed by atoms with Crippen LogP contribution in [0.3, 0.4) is 0 Å². The van der Waals surface area contributed by atoms with Gasteiger partial charge < -0.3 is 39.6 Å². The van der Waals surface area contributed by atoms with E-state index in [0.29, 0.717) is 31.1 Å². The molecule has 0 unspecified atom stereocenters. The van der Waals surface area contributed by atoms with Crippen LogP contribution in [-0.4, -0.2) is 137 Å². The Morgan fingerprint density at radius 2 is 1.17 bits per heavy atom. The summed E-state index contributed by atoms with van der Waals surface area (Å²) >= 11 is 0. The SMILES string of the molecule is C.C1CCOC1.CN(C)CCOc1cc(N)ccc1[N+](=O)[O-].COS(=O)(=O)OC.COS(=O)(=O)[O-].C[N+](C)(C)CCOc1cc(N)ccc1[N+](=O)[O-]. The molecule has 1 saturated heterocycles. The predicted molar refractivity (Wildman–Crippen MR) is 194 cm³/mol. The maximum Gasteiger partial charge on any atom is 0.399 e. The largest absolute Gasteiger partial charge is 0.726 e. The van der Waals surface area contributed by atoms with Gasteiger partial charge in [0.2, 0.25) is 10.4 Å². The summed E-state index contributed by atoms with van der Waals surface area (Å²) in [5.41, 5.74) is 11.9. The van der Waals surface area contributed by atoms with Crippen molar-refractivity contribution in [2.24, 2.45) is 0 Å². The number of nitro benzene ring substituents is 2. The Morgan fingerprint density at radius 1 is 0.788 bits per heavy atom. The Kier molecular flexibility index (Phi) is 27.0. The maximum atomic E-state index is 10.8. The number of nitrogen functional groups attached to an aromatic ring is 2. The molecular formula is C29H54N6O15S2. The van der Waals surface area contributed by atoms with Crippen LogP contribution in [0.4, 0.5) is 22.7 Å². The van der Waals surface area contributed by atoms with Gasteiger partial charge in [0.1, 0.15) is 19.8 Å². The van der Waals surface area contributed by atoms with Gasteiger partial charge in [0.25, 0.3) is 0 Å². The minimum atomic E-state index is -4.41. The van der Waals surface area contributed by atoms with E-state index in [9.17, 15) is 41.6 Å². The summed E-state index contributed by atoms with van der Waals surface area (Å²) in [4.78, 5) is 22.5. The van der Waals surface area contributed by atoms with Gasteiger partial charge in [-0.15, -0.1) is 0 Å². The monoisotopic (exact) mass is 790 g/mol. The molecule has 2 aromatic carbocycles. The van der Waals surface area contributed by atoms with Crippen LogP contribution in [0.2, 0.25) is 0 Å². The van der Waals surface area contributed by atoms with Gasteiger partial charge in [-0.05, 0) is 39.1 Å². The zero-order valence-electron chi connectivity index (χ0n) is 30.0. The van der Waals surface area contributed by atoms with E-state index >= 15 is 0 Å². The van der Waals surface area contributed by atoms with E-state index in [1.54, 1.807) is 0 Å². The van der Waals surface area contributed by atoms with Gasteiger partial charge in [-0.25, -0.2) is 8.42 Å². The number of hydrogen-bond donors (Lipinski definition) is 2. The lowest BCUT2D eigenvalue weighted by Gasteiger charge is -2.23. The first-order chi connectivity index (χ1) is 23.5. The van der Waals surface area contributed by atoms with Crippen molar-refractivity contribution in [3.63, 3.8) is 0 Å². The Morgan fingerprint density at radius 3 is 1.42 bits per heavy atom. The Balaban J connectivity index is -0.000000626. The number of benzene rings is 2.